The van der Waals surface area contributed by atoms with Gasteiger partial charge in [-0.3, -0.25) is 9.36 Å². The molecular weight excluding hydrogens is 277 g/mol. The zero-order valence-electron chi connectivity index (χ0n) is 11.6. The Bertz CT molecular complexity index is 639. The average Bonchev–Trinajstić information content (AvgIpc) is 2.82. The van der Waals surface area contributed by atoms with Crippen LogP contribution in [0.3, 0.4) is 0 Å². The van der Waals surface area contributed by atoms with Crippen molar-refractivity contribution in [3.8, 4) is 0 Å². The van der Waals surface area contributed by atoms with Crippen molar-refractivity contribution < 1.29 is 18.4 Å². The first-order chi connectivity index (χ1) is 9.59. The fourth-order valence-corrected chi connectivity index (χ4v) is 3.65. The van der Waals surface area contributed by atoms with E-state index in [1.165, 1.54) is 0 Å². The molecule has 0 unspecified atom stereocenters. The summed E-state index contributed by atoms with van der Waals surface area (Å²) in [6.07, 6.45) is 1.39. The molecule has 0 aliphatic heterocycles. The Hall–Kier alpha value is -1.42. The van der Waals surface area contributed by atoms with Crippen LogP contribution in [0.25, 0.3) is 10.9 Å². The molecule has 0 bridgehead atoms. The number of hydrogen-bond donors (Lipinski definition) is 1. The Kier molecular flexibility index (Phi) is 4.76. The van der Waals surface area contributed by atoms with Gasteiger partial charge in [0.1, 0.15) is 6.16 Å². The van der Waals surface area contributed by atoms with E-state index >= 15 is 0 Å². The number of H-pyrrole nitrogens is 1. The second kappa shape index (κ2) is 6.35. The van der Waals surface area contributed by atoms with E-state index < -0.39 is 7.60 Å². The number of nitrogens with one attached hydrogen (secondary N) is 1. The van der Waals surface area contributed by atoms with Crippen LogP contribution >= 0.6 is 7.60 Å². The number of para-hydroxylation sites is 1. The standard InChI is InChI=1S/C14H18NO4P/c1-3-18-20(17,19-4-2)10-14(16)12-9-15-13-8-6-5-7-11(12)13/h5-9,15H,3-4,10H2,1-2H3. The molecule has 0 saturated heterocycles. The largest absolute Gasteiger partial charge is 0.360 e. The Morgan fingerprint density at radius 3 is 2.50 bits per heavy atom. The Morgan fingerprint density at radius 1 is 1.20 bits per heavy atom. The number of benzene rings is 1. The maximum atomic E-state index is 12.4. The Balaban J connectivity index is 2.25. The van der Waals surface area contributed by atoms with Crippen LogP contribution in [0.15, 0.2) is 30.5 Å². The van der Waals surface area contributed by atoms with Gasteiger partial charge < -0.3 is 14.0 Å². The predicted molar refractivity (Wildman–Crippen MR) is 78.4 cm³/mol. The predicted octanol–water partition coefficient (Wildman–Crippen LogP) is 3.62. The van der Waals surface area contributed by atoms with E-state index in [0.29, 0.717) is 5.56 Å². The van der Waals surface area contributed by atoms with Gasteiger partial charge in [0.05, 0.1) is 13.2 Å². The van der Waals surface area contributed by atoms with E-state index in [1.807, 2.05) is 24.3 Å². The summed E-state index contributed by atoms with van der Waals surface area (Å²) in [4.78, 5) is 15.4. The van der Waals surface area contributed by atoms with Crippen molar-refractivity contribution in [2.45, 2.75) is 13.8 Å². The molecule has 2 aromatic rings. The SMILES string of the molecule is CCOP(=O)(CC(=O)c1c[nH]c2ccccc12)OCC. The van der Waals surface area contributed by atoms with Crippen LogP contribution in [0, 0.1) is 0 Å². The highest BCUT2D eigenvalue weighted by atomic mass is 31.2. The first-order valence-corrected chi connectivity index (χ1v) is 8.30. The van der Waals surface area contributed by atoms with Gasteiger partial charge in [-0.2, -0.15) is 0 Å². The molecule has 0 saturated carbocycles. The number of Topliss-reactive ketones (excluding diaryl/α,β-unsaturated/α-hetero) is 1. The first kappa shape index (κ1) is 15.0. The minimum Gasteiger partial charge on any atom is -0.360 e. The van der Waals surface area contributed by atoms with Crippen molar-refractivity contribution in [3.63, 3.8) is 0 Å². The first-order valence-electron chi connectivity index (χ1n) is 6.57. The van der Waals surface area contributed by atoms with E-state index in [9.17, 15) is 9.36 Å². The molecule has 108 valence electrons. The van der Waals surface area contributed by atoms with Gasteiger partial charge in [0, 0.05) is 22.7 Å². The van der Waals surface area contributed by atoms with Gasteiger partial charge in [-0.25, -0.2) is 0 Å². The molecule has 0 atom stereocenters. The number of aromatic nitrogens is 1. The lowest BCUT2D eigenvalue weighted by molar-refractivity contribution is 0.101. The molecule has 0 spiro atoms. The molecule has 1 aromatic carbocycles. The van der Waals surface area contributed by atoms with Crippen molar-refractivity contribution in [2.24, 2.45) is 0 Å². The molecule has 0 radical (unpaired) electrons. The number of carbonyl (C=O) groups is 1. The summed E-state index contributed by atoms with van der Waals surface area (Å²) < 4.78 is 22.7. The maximum absolute atomic E-state index is 12.4. The second-order valence-electron chi connectivity index (χ2n) is 4.28. The number of rotatable bonds is 7. The number of fused-ring (bicyclic) bond motifs is 1. The van der Waals surface area contributed by atoms with Crippen molar-refractivity contribution in [1.29, 1.82) is 0 Å². The lowest BCUT2D eigenvalue weighted by Crippen LogP contribution is -2.10. The highest BCUT2D eigenvalue weighted by Gasteiger charge is 2.29. The third kappa shape index (κ3) is 3.18. The van der Waals surface area contributed by atoms with Crippen molar-refractivity contribution in [1.82, 2.24) is 4.98 Å². The summed E-state index contributed by atoms with van der Waals surface area (Å²) in [5.74, 6) is -0.243. The van der Waals surface area contributed by atoms with E-state index in [4.69, 9.17) is 9.05 Å². The minimum atomic E-state index is -3.36. The zero-order chi connectivity index (χ0) is 14.6. The van der Waals surface area contributed by atoms with Gasteiger partial charge in [0.25, 0.3) is 0 Å². The van der Waals surface area contributed by atoms with Crippen LogP contribution in [0.5, 0.6) is 0 Å². The van der Waals surface area contributed by atoms with E-state index in [0.717, 1.165) is 10.9 Å². The molecule has 0 fully saturated rings. The Morgan fingerprint density at radius 2 is 1.85 bits per heavy atom. The number of ketones is 1. The molecular formula is C14H18NO4P. The molecule has 2 rings (SSSR count). The van der Waals surface area contributed by atoms with Crippen LogP contribution in [0.4, 0.5) is 0 Å². The summed E-state index contributed by atoms with van der Waals surface area (Å²) in [6.45, 7) is 3.95. The molecule has 20 heavy (non-hydrogen) atoms. The topological polar surface area (TPSA) is 68.4 Å². The molecule has 0 amide bonds. The summed E-state index contributed by atoms with van der Waals surface area (Å²) >= 11 is 0. The van der Waals surface area contributed by atoms with Crippen LogP contribution in [-0.4, -0.2) is 30.1 Å². The number of carbonyl (C=O) groups excluding carboxylic acids is 1. The highest BCUT2D eigenvalue weighted by Crippen LogP contribution is 2.48. The number of aromatic amines is 1. The van der Waals surface area contributed by atoms with Gasteiger partial charge in [0.2, 0.25) is 0 Å². The molecule has 1 N–H and O–H groups in total. The quantitative estimate of drug-likeness (QED) is 0.625. The minimum absolute atomic E-state index is 0.240. The van der Waals surface area contributed by atoms with E-state index in [2.05, 4.69) is 4.98 Å². The molecule has 1 heterocycles. The van der Waals surface area contributed by atoms with E-state index in [1.54, 1.807) is 20.0 Å². The van der Waals surface area contributed by atoms with Gasteiger partial charge in [-0.15, -0.1) is 0 Å². The van der Waals surface area contributed by atoms with Crippen LogP contribution in [-0.2, 0) is 13.6 Å². The van der Waals surface area contributed by atoms with Crippen LogP contribution in [0.1, 0.15) is 24.2 Å². The molecule has 1 aromatic heterocycles. The maximum Gasteiger partial charge on any atom is 0.338 e. The fraction of sp³-hybridized carbons (Fsp3) is 0.357. The molecule has 0 aliphatic carbocycles. The normalized spacial score (nSPS) is 11.9. The lowest BCUT2D eigenvalue weighted by Gasteiger charge is -2.15. The summed E-state index contributed by atoms with van der Waals surface area (Å²) in [5.41, 5.74) is 1.39. The van der Waals surface area contributed by atoms with Gasteiger partial charge in [-0.05, 0) is 19.9 Å². The van der Waals surface area contributed by atoms with Crippen molar-refractivity contribution in [3.05, 3.63) is 36.0 Å². The van der Waals surface area contributed by atoms with Gasteiger partial charge in [-0.1, -0.05) is 18.2 Å². The fourth-order valence-electron chi connectivity index (χ4n) is 2.09. The smallest absolute Gasteiger partial charge is 0.338 e. The van der Waals surface area contributed by atoms with Crippen molar-refractivity contribution >= 4 is 24.3 Å². The number of hydrogen-bond acceptors (Lipinski definition) is 4. The molecule has 5 nitrogen and oxygen atoms in total. The van der Waals surface area contributed by atoms with Gasteiger partial charge >= 0.3 is 7.60 Å². The third-order valence-corrected chi connectivity index (χ3v) is 4.86. The monoisotopic (exact) mass is 295 g/mol. The van der Waals surface area contributed by atoms with Crippen LogP contribution < -0.4 is 0 Å². The van der Waals surface area contributed by atoms with E-state index in [-0.39, 0.29) is 25.2 Å². The van der Waals surface area contributed by atoms with Crippen LogP contribution in [0.2, 0.25) is 0 Å². The third-order valence-electron chi connectivity index (χ3n) is 2.88. The second-order valence-corrected chi connectivity index (χ2v) is 6.33. The van der Waals surface area contributed by atoms with Gasteiger partial charge in [0.15, 0.2) is 5.78 Å². The molecule has 6 heteroatoms. The Labute approximate surface area is 117 Å². The zero-order valence-corrected chi connectivity index (χ0v) is 12.5. The average molecular weight is 295 g/mol. The molecule has 0 aliphatic rings. The summed E-state index contributed by atoms with van der Waals surface area (Å²) in [6, 6.07) is 7.48. The summed E-state index contributed by atoms with van der Waals surface area (Å²) in [7, 11) is -3.36. The van der Waals surface area contributed by atoms with Crippen molar-refractivity contribution in [2.75, 3.05) is 19.4 Å². The summed E-state index contributed by atoms with van der Waals surface area (Å²) in [5, 5.41) is 0.817. The lowest BCUT2D eigenvalue weighted by atomic mass is 10.1. The highest BCUT2D eigenvalue weighted by molar-refractivity contribution is 7.55.